The Morgan fingerprint density at radius 3 is 2.11 bits per heavy atom. The lowest BCUT2D eigenvalue weighted by Gasteiger charge is -2.07. The van der Waals surface area contributed by atoms with Gasteiger partial charge in [0.2, 0.25) is 11.8 Å². The van der Waals surface area contributed by atoms with Crippen LogP contribution in [0.25, 0.3) is 0 Å². The van der Waals surface area contributed by atoms with Crippen molar-refractivity contribution in [2.24, 2.45) is 0 Å². The number of aryl methyl sites for hydroxylation is 1. The van der Waals surface area contributed by atoms with Gasteiger partial charge in [-0.25, -0.2) is 0 Å². The number of carbonyl (C=O) groups excluding carboxylic acids is 2. The molecule has 0 spiro atoms. The molecule has 0 saturated heterocycles. The third kappa shape index (κ3) is 8.17. The Labute approximate surface area is 164 Å². The second kappa shape index (κ2) is 11.3. The highest BCUT2D eigenvalue weighted by Gasteiger charge is 2.06. The van der Waals surface area contributed by atoms with Gasteiger partial charge in [-0.3, -0.25) is 9.59 Å². The van der Waals surface area contributed by atoms with E-state index >= 15 is 0 Å². The van der Waals surface area contributed by atoms with E-state index in [0.29, 0.717) is 13.1 Å². The van der Waals surface area contributed by atoms with Crippen LogP contribution in [0.15, 0.2) is 48.5 Å². The van der Waals surface area contributed by atoms with E-state index in [1.165, 1.54) is 17.3 Å². The van der Waals surface area contributed by atoms with Crippen molar-refractivity contribution < 1.29 is 14.3 Å². The Morgan fingerprint density at radius 1 is 0.889 bits per heavy atom. The molecule has 0 heterocycles. The number of amides is 2. The van der Waals surface area contributed by atoms with Crippen LogP contribution >= 0.6 is 11.8 Å². The quantitative estimate of drug-likeness (QED) is 0.659. The van der Waals surface area contributed by atoms with Crippen LogP contribution in [-0.2, 0) is 22.6 Å². The molecule has 0 unspecified atom stereocenters. The molecular weight excluding hydrogens is 360 g/mol. The van der Waals surface area contributed by atoms with E-state index < -0.39 is 0 Å². The second-order valence-electron chi connectivity index (χ2n) is 6.20. The van der Waals surface area contributed by atoms with Gasteiger partial charge in [-0.15, -0.1) is 11.8 Å². The fourth-order valence-corrected chi connectivity index (χ4v) is 3.06. The summed E-state index contributed by atoms with van der Waals surface area (Å²) in [6.45, 7) is 3.11. The molecule has 5 nitrogen and oxygen atoms in total. The van der Waals surface area contributed by atoms with Crippen LogP contribution in [0.1, 0.15) is 16.7 Å². The maximum Gasteiger partial charge on any atom is 0.230 e. The summed E-state index contributed by atoms with van der Waals surface area (Å²) in [6, 6.07) is 15.8. The minimum absolute atomic E-state index is 0.0557. The van der Waals surface area contributed by atoms with Crippen molar-refractivity contribution in [1.82, 2.24) is 10.6 Å². The third-order valence-electron chi connectivity index (χ3n) is 3.97. The molecule has 2 N–H and O–H groups in total. The molecule has 2 aromatic rings. The molecule has 2 aromatic carbocycles. The van der Waals surface area contributed by atoms with Gasteiger partial charge in [0.15, 0.2) is 0 Å². The van der Waals surface area contributed by atoms with Gasteiger partial charge < -0.3 is 15.4 Å². The summed E-state index contributed by atoms with van der Waals surface area (Å²) < 4.78 is 5.12. The Bertz CT molecular complexity index is 730. The zero-order valence-electron chi connectivity index (χ0n) is 15.8. The normalized spacial score (nSPS) is 10.3. The standard InChI is InChI=1S/C21H26N2O3S/c1-16-3-5-18(6-4-16)13-23-21(25)15-27-14-20(24)22-12-11-17-7-9-19(26-2)10-8-17/h3-10H,11-15H2,1-2H3,(H,22,24)(H,23,25). The molecule has 0 bridgehead atoms. The van der Waals surface area contributed by atoms with Crippen molar-refractivity contribution in [3.63, 3.8) is 0 Å². The molecule has 6 heteroatoms. The Morgan fingerprint density at radius 2 is 1.48 bits per heavy atom. The first-order valence-electron chi connectivity index (χ1n) is 8.86. The highest BCUT2D eigenvalue weighted by atomic mass is 32.2. The molecule has 0 saturated carbocycles. The lowest BCUT2D eigenvalue weighted by atomic mass is 10.1. The number of benzene rings is 2. The predicted molar refractivity (Wildman–Crippen MR) is 110 cm³/mol. The Kier molecular flexibility index (Phi) is 8.71. The lowest BCUT2D eigenvalue weighted by Crippen LogP contribution is -2.29. The van der Waals surface area contributed by atoms with Crippen LogP contribution in [0, 0.1) is 6.92 Å². The summed E-state index contributed by atoms with van der Waals surface area (Å²) in [6.07, 6.45) is 0.761. The lowest BCUT2D eigenvalue weighted by molar-refractivity contribution is -0.119. The van der Waals surface area contributed by atoms with E-state index in [-0.39, 0.29) is 23.3 Å². The van der Waals surface area contributed by atoms with Crippen molar-refractivity contribution in [1.29, 1.82) is 0 Å². The molecule has 0 aliphatic rings. The Hall–Kier alpha value is -2.47. The number of hydrogen-bond donors (Lipinski definition) is 2. The highest BCUT2D eigenvalue weighted by molar-refractivity contribution is 8.00. The predicted octanol–water partition coefficient (Wildman–Crippen LogP) is 2.71. The zero-order valence-corrected chi connectivity index (χ0v) is 16.6. The molecule has 144 valence electrons. The number of hydrogen-bond acceptors (Lipinski definition) is 4. The summed E-state index contributed by atoms with van der Waals surface area (Å²) in [4.78, 5) is 23.7. The zero-order chi connectivity index (χ0) is 19.5. The van der Waals surface area contributed by atoms with Gasteiger partial charge in [0, 0.05) is 13.1 Å². The van der Waals surface area contributed by atoms with Crippen molar-refractivity contribution in [2.75, 3.05) is 25.2 Å². The first kappa shape index (κ1) is 20.8. The van der Waals surface area contributed by atoms with Crippen molar-refractivity contribution in [2.45, 2.75) is 19.9 Å². The molecule has 2 rings (SSSR count). The Balaban J connectivity index is 1.55. The van der Waals surface area contributed by atoms with Gasteiger partial charge in [0.05, 0.1) is 18.6 Å². The molecule has 0 aliphatic heterocycles. The average molecular weight is 387 g/mol. The largest absolute Gasteiger partial charge is 0.497 e. The number of carbonyl (C=O) groups is 2. The van der Waals surface area contributed by atoms with Gasteiger partial charge in [0.1, 0.15) is 5.75 Å². The van der Waals surface area contributed by atoms with Gasteiger partial charge in [-0.05, 0) is 36.6 Å². The summed E-state index contributed by atoms with van der Waals surface area (Å²) in [5.41, 5.74) is 3.40. The van der Waals surface area contributed by atoms with Crippen molar-refractivity contribution in [3.8, 4) is 5.75 Å². The molecule has 0 radical (unpaired) electrons. The highest BCUT2D eigenvalue weighted by Crippen LogP contribution is 2.11. The summed E-state index contributed by atoms with van der Waals surface area (Å²) in [7, 11) is 1.63. The van der Waals surface area contributed by atoms with Crippen LogP contribution in [-0.4, -0.2) is 37.0 Å². The molecule has 0 fully saturated rings. The van der Waals surface area contributed by atoms with E-state index in [1.807, 2.05) is 55.5 Å². The molecule has 27 heavy (non-hydrogen) atoms. The van der Waals surface area contributed by atoms with Crippen molar-refractivity contribution >= 4 is 23.6 Å². The molecule has 0 aromatic heterocycles. The average Bonchev–Trinajstić information content (AvgIpc) is 2.68. The molecule has 0 aliphatic carbocycles. The number of methoxy groups -OCH3 is 1. The molecular formula is C21H26N2O3S. The maximum absolute atomic E-state index is 11.8. The fraction of sp³-hybridized carbons (Fsp3) is 0.333. The van der Waals surface area contributed by atoms with E-state index in [9.17, 15) is 9.59 Å². The number of ether oxygens (including phenoxy) is 1. The molecule has 2 amide bonds. The van der Waals surface area contributed by atoms with E-state index in [1.54, 1.807) is 7.11 Å². The summed E-state index contributed by atoms with van der Waals surface area (Å²) in [5, 5.41) is 5.74. The number of thioether (sulfide) groups is 1. The fourth-order valence-electron chi connectivity index (χ4n) is 2.38. The minimum Gasteiger partial charge on any atom is -0.497 e. The summed E-state index contributed by atoms with van der Waals surface area (Å²) >= 11 is 1.32. The van der Waals surface area contributed by atoms with Crippen LogP contribution in [0.3, 0.4) is 0 Å². The van der Waals surface area contributed by atoms with Crippen LogP contribution in [0.2, 0.25) is 0 Å². The van der Waals surface area contributed by atoms with Gasteiger partial charge in [0.25, 0.3) is 0 Å². The first-order valence-corrected chi connectivity index (χ1v) is 10.0. The van der Waals surface area contributed by atoms with Crippen LogP contribution < -0.4 is 15.4 Å². The molecule has 0 atom stereocenters. The van der Waals surface area contributed by atoms with Crippen LogP contribution in [0.4, 0.5) is 0 Å². The van der Waals surface area contributed by atoms with Gasteiger partial charge in [-0.1, -0.05) is 42.0 Å². The monoisotopic (exact) mass is 386 g/mol. The van der Waals surface area contributed by atoms with Crippen molar-refractivity contribution in [3.05, 3.63) is 65.2 Å². The third-order valence-corrected chi connectivity index (χ3v) is 4.90. The second-order valence-corrected chi connectivity index (χ2v) is 7.19. The van der Waals surface area contributed by atoms with Gasteiger partial charge in [-0.2, -0.15) is 0 Å². The van der Waals surface area contributed by atoms with E-state index in [0.717, 1.165) is 23.3 Å². The minimum atomic E-state index is -0.0633. The smallest absolute Gasteiger partial charge is 0.230 e. The van der Waals surface area contributed by atoms with E-state index in [4.69, 9.17) is 4.74 Å². The maximum atomic E-state index is 11.8. The van der Waals surface area contributed by atoms with Gasteiger partial charge >= 0.3 is 0 Å². The number of nitrogens with one attached hydrogen (secondary N) is 2. The topological polar surface area (TPSA) is 67.4 Å². The SMILES string of the molecule is COc1ccc(CCNC(=O)CSCC(=O)NCc2ccc(C)cc2)cc1. The summed E-state index contributed by atoms with van der Waals surface area (Å²) in [5.74, 6) is 1.25. The first-order chi connectivity index (χ1) is 13.1. The van der Waals surface area contributed by atoms with E-state index in [2.05, 4.69) is 10.6 Å². The number of rotatable bonds is 10. The van der Waals surface area contributed by atoms with Crippen LogP contribution in [0.5, 0.6) is 5.75 Å².